The fraction of sp³-hybridized carbons (Fsp3) is 0.429. The molecule has 0 heterocycles. The van der Waals surface area contributed by atoms with Crippen LogP contribution in [0.1, 0.15) is 12.0 Å². The highest BCUT2D eigenvalue weighted by Gasteiger charge is 2.36. The van der Waals surface area contributed by atoms with Crippen LogP contribution in [0.2, 0.25) is 0 Å². The average Bonchev–Trinajstić information content (AvgIpc) is 2.52. The largest absolute Gasteiger partial charge is 0.472 e. The summed E-state index contributed by atoms with van der Waals surface area (Å²) in [6, 6.07) is 4.36. The van der Waals surface area contributed by atoms with Gasteiger partial charge in [-0.1, -0.05) is 12.1 Å². The van der Waals surface area contributed by atoms with E-state index in [1.54, 1.807) is 0 Å². The maximum absolute atomic E-state index is 13.2. The molecule has 0 spiro atoms. The first-order chi connectivity index (χ1) is 11.1. The number of carbonyl (C=O) groups is 1. The minimum absolute atomic E-state index is 0.0591. The molecule has 0 fully saturated rings. The van der Waals surface area contributed by atoms with Crippen molar-refractivity contribution in [2.45, 2.75) is 18.5 Å². The zero-order chi connectivity index (χ0) is 18.4. The summed E-state index contributed by atoms with van der Waals surface area (Å²) in [6.07, 6.45) is -5.64. The smallest absolute Gasteiger partial charge is 0.431 e. The van der Waals surface area contributed by atoms with E-state index in [1.165, 1.54) is 12.1 Å². The maximum Gasteiger partial charge on any atom is 0.431 e. The molecule has 0 saturated heterocycles. The van der Waals surface area contributed by atoms with Gasteiger partial charge in [-0.05, 0) is 12.1 Å². The van der Waals surface area contributed by atoms with E-state index in [2.05, 4.69) is 5.10 Å². The Morgan fingerprint density at radius 1 is 1.29 bits per heavy atom. The van der Waals surface area contributed by atoms with Crippen LogP contribution in [0.5, 0.6) is 5.75 Å². The Hall–Kier alpha value is -2.26. The topological polar surface area (TPSA) is 41.9 Å². The molecule has 1 aromatic rings. The second-order valence-corrected chi connectivity index (χ2v) is 4.71. The zero-order valence-corrected chi connectivity index (χ0v) is 12.5. The lowest BCUT2D eigenvalue weighted by Gasteiger charge is -2.18. The first-order valence-electron chi connectivity index (χ1n) is 6.56. The van der Waals surface area contributed by atoms with Crippen molar-refractivity contribution in [3.05, 3.63) is 29.8 Å². The molecule has 0 saturated carbocycles. The van der Waals surface area contributed by atoms with E-state index in [9.17, 15) is 31.1 Å². The zero-order valence-electron chi connectivity index (χ0n) is 12.5. The second-order valence-electron chi connectivity index (χ2n) is 4.71. The molecule has 0 aliphatic heterocycles. The number of hydrogen-bond acceptors (Lipinski definition) is 4. The van der Waals surface area contributed by atoms with Gasteiger partial charge in [-0.25, -0.2) is 4.39 Å². The number of nitrogens with zero attached hydrogens (tertiary/aromatic N) is 2. The van der Waals surface area contributed by atoms with Crippen molar-refractivity contribution in [2.75, 3.05) is 20.5 Å². The third kappa shape index (κ3) is 5.74. The third-order valence-electron chi connectivity index (χ3n) is 2.74. The number of ether oxygens (including phenoxy) is 1. The Labute approximate surface area is 133 Å². The summed E-state index contributed by atoms with van der Waals surface area (Å²) in [5, 5.41) is 3.96. The molecule has 0 radical (unpaired) electrons. The van der Waals surface area contributed by atoms with Crippen molar-refractivity contribution < 1.29 is 35.9 Å². The summed E-state index contributed by atoms with van der Waals surface area (Å²) in [5.41, 5.74) is -1.94. The fourth-order valence-corrected chi connectivity index (χ4v) is 1.59. The van der Waals surface area contributed by atoms with Gasteiger partial charge in [0, 0.05) is 12.6 Å². The molecule has 4 nitrogen and oxygen atoms in total. The van der Waals surface area contributed by atoms with Gasteiger partial charge < -0.3 is 9.53 Å². The van der Waals surface area contributed by atoms with Crippen LogP contribution in [0, 0.1) is 0 Å². The predicted octanol–water partition coefficient (Wildman–Crippen LogP) is 3.52. The minimum Gasteiger partial charge on any atom is -0.472 e. The molecule has 134 valence electrons. The summed E-state index contributed by atoms with van der Waals surface area (Å²) >= 11 is 0. The molecule has 0 atom stereocenters. The maximum atomic E-state index is 13.2. The SMILES string of the molecule is CN(COc1cccc(C(F)(F)CF)c1)/N=C(\CC=O)C(F)(F)F. The number of hydrogen-bond donors (Lipinski definition) is 0. The molecular formula is C14H14F6N2O2. The van der Waals surface area contributed by atoms with E-state index in [4.69, 9.17) is 4.74 Å². The van der Waals surface area contributed by atoms with E-state index in [1.807, 2.05) is 0 Å². The highest BCUT2D eigenvalue weighted by Crippen LogP contribution is 2.30. The third-order valence-corrected chi connectivity index (χ3v) is 2.74. The minimum atomic E-state index is -4.78. The van der Waals surface area contributed by atoms with E-state index >= 15 is 0 Å². The number of carbonyl (C=O) groups excluding carboxylic acids is 1. The summed E-state index contributed by atoms with van der Waals surface area (Å²) in [6.45, 7) is -2.38. The number of hydrazone groups is 1. The van der Waals surface area contributed by atoms with Crippen LogP contribution in [0.4, 0.5) is 26.3 Å². The Bertz CT molecular complexity index is 589. The lowest BCUT2D eigenvalue weighted by atomic mass is 10.1. The van der Waals surface area contributed by atoms with Crippen LogP contribution >= 0.6 is 0 Å². The van der Waals surface area contributed by atoms with Crippen LogP contribution in [-0.4, -0.2) is 43.6 Å². The molecule has 1 rings (SSSR count). The molecule has 0 N–H and O–H groups in total. The molecule has 0 aromatic heterocycles. The standard InChI is InChI=1S/C14H14F6N2O2/c1-22(21-12(5-6-23)14(18,19)20)9-24-11-4-2-3-10(7-11)13(16,17)8-15/h2-4,6-7H,5,8-9H2,1H3/b21-12+. The highest BCUT2D eigenvalue weighted by molar-refractivity contribution is 5.97. The van der Waals surface area contributed by atoms with Gasteiger partial charge >= 0.3 is 12.1 Å². The van der Waals surface area contributed by atoms with E-state index in [0.717, 1.165) is 24.2 Å². The van der Waals surface area contributed by atoms with Gasteiger partial charge in [0.15, 0.2) is 13.4 Å². The number of aldehydes is 1. The number of rotatable bonds is 8. The van der Waals surface area contributed by atoms with Crippen molar-refractivity contribution in [1.29, 1.82) is 0 Å². The molecule has 0 unspecified atom stereocenters. The van der Waals surface area contributed by atoms with E-state index < -0.39 is 43.2 Å². The monoisotopic (exact) mass is 356 g/mol. The molecule has 0 aliphatic rings. The fourth-order valence-electron chi connectivity index (χ4n) is 1.59. The summed E-state index contributed by atoms with van der Waals surface area (Å²) in [5.74, 6) is -3.77. The molecular weight excluding hydrogens is 342 g/mol. The van der Waals surface area contributed by atoms with Gasteiger partial charge in [-0.15, -0.1) is 0 Å². The quantitative estimate of drug-likeness (QED) is 0.235. The lowest BCUT2D eigenvalue weighted by molar-refractivity contribution is -0.108. The van der Waals surface area contributed by atoms with Crippen molar-refractivity contribution in [3.63, 3.8) is 0 Å². The van der Waals surface area contributed by atoms with Crippen LogP contribution < -0.4 is 4.74 Å². The van der Waals surface area contributed by atoms with Crippen molar-refractivity contribution in [3.8, 4) is 5.75 Å². The highest BCUT2D eigenvalue weighted by atomic mass is 19.4. The Morgan fingerprint density at radius 2 is 1.96 bits per heavy atom. The predicted molar refractivity (Wildman–Crippen MR) is 73.7 cm³/mol. The van der Waals surface area contributed by atoms with Gasteiger partial charge in [0.05, 0.1) is 6.42 Å². The molecule has 10 heteroatoms. The summed E-state index contributed by atoms with van der Waals surface area (Å²) in [4.78, 5) is 10.3. The summed E-state index contributed by atoms with van der Waals surface area (Å²) in [7, 11) is 1.15. The normalized spacial score (nSPS) is 12.9. The van der Waals surface area contributed by atoms with Crippen LogP contribution in [0.3, 0.4) is 0 Å². The van der Waals surface area contributed by atoms with Gasteiger partial charge in [-0.3, -0.25) is 5.01 Å². The van der Waals surface area contributed by atoms with Crippen LogP contribution in [0.25, 0.3) is 0 Å². The molecule has 0 amide bonds. The first-order valence-corrected chi connectivity index (χ1v) is 6.56. The number of benzene rings is 1. The van der Waals surface area contributed by atoms with E-state index in [-0.39, 0.29) is 12.0 Å². The van der Waals surface area contributed by atoms with Crippen molar-refractivity contribution in [2.24, 2.45) is 5.10 Å². The van der Waals surface area contributed by atoms with Crippen LogP contribution in [0.15, 0.2) is 29.4 Å². The van der Waals surface area contributed by atoms with Gasteiger partial charge in [0.2, 0.25) is 0 Å². The Kier molecular flexibility index (Phi) is 6.61. The number of halogens is 6. The van der Waals surface area contributed by atoms with Gasteiger partial charge in [0.1, 0.15) is 17.7 Å². The van der Waals surface area contributed by atoms with Gasteiger partial charge in [0.25, 0.3) is 0 Å². The lowest BCUT2D eigenvalue weighted by Crippen LogP contribution is -2.28. The number of alkyl halides is 6. The Balaban J connectivity index is 2.78. The second kappa shape index (κ2) is 8.02. The molecule has 1 aromatic carbocycles. The Morgan fingerprint density at radius 3 is 2.50 bits per heavy atom. The summed E-state index contributed by atoms with van der Waals surface area (Å²) < 4.78 is 81.5. The molecule has 24 heavy (non-hydrogen) atoms. The molecule has 0 aliphatic carbocycles. The van der Waals surface area contributed by atoms with Crippen molar-refractivity contribution >= 4 is 12.0 Å². The van der Waals surface area contributed by atoms with Crippen LogP contribution in [-0.2, 0) is 10.7 Å². The first kappa shape index (κ1) is 19.8. The van der Waals surface area contributed by atoms with Gasteiger partial charge in [-0.2, -0.15) is 27.1 Å². The van der Waals surface area contributed by atoms with E-state index in [0.29, 0.717) is 0 Å². The molecule has 0 bridgehead atoms. The van der Waals surface area contributed by atoms with Crippen molar-refractivity contribution in [1.82, 2.24) is 5.01 Å². The average molecular weight is 356 g/mol.